The molecule has 3 unspecified atom stereocenters. The monoisotopic (exact) mass is 616 g/mol. The SMILES string of the molecule is CCCCCC(=O)NC(Cc1ccc(OC(=O)CCCN(C)C)cc1)C(=O)CC(C(=O)NCCCCCC(N)=O)C(C)CC. The van der Waals surface area contributed by atoms with E-state index in [1.807, 2.05) is 32.8 Å². The van der Waals surface area contributed by atoms with Crippen LogP contribution in [0.1, 0.15) is 103 Å². The lowest BCUT2D eigenvalue weighted by molar-refractivity contribution is -0.134. The number of carbonyl (C=O) groups is 5. The summed E-state index contributed by atoms with van der Waals surface area (Å²) in [7, 11) is 3.90. The molecule has 248 valence electrons. The number of primary amides is 1. The van der Waals surface area contributed by atoms with Crippen molar-refractivity contribution >= 4 is 29.5 Å². The molecule has 0 aromatic heterocycles. The van der Waals surface area contributed by atoms with E-state index < -0.39 is 12.0 Å². The third-order valence-electron chi connectivity index (χ3n) is 7.80. The van der Waals surface area contributed by atoms with Gasteiger partial charge in [-0.2, -0.15) is 0 Å². The number of rotatable bonds is 24. The Morgan fingerprint density at radius 3 is 2.18 bits per heavy atom. The highest BCUT2D eigenvalue weighted by molar-refractivity contribution is 5.92. The van der Waals surface area contributed by atoms with Crippen LogP contribution in [0.4, 0.5) is 0 Å². The number of ether oxygens (including phenoxy) is 1. The van der Waals surface area contributed by atoms with E-state index in [1.165, 1.54) is 0 Å². The number of nitrogens with zero attached hydrogens (tertiary/aromatic N) is 1. The predicted molar refractivity (Wildman–Crippen MR) is 173 cm³/mol. The number of nitrogens with two attached hydrogens (primary N) is 1. The molecule has 0 fully saturated rings. The van der Waals surface area contributed by atoms with Gasteiger partial charge in [0.2, 0.25) is 17.7 Å². The van der Waals surface area contributed by atoms with Crippen LogP contribution in [0.2, 0.25) is 0 Å². The molecule has 4 N–H and O–H groups in total. The van der Waals surface area contributed by atoms with Gasteiger partial charge in [0.05, 0.1) is 6.04 Å². The topological polar surface area (TPSA) is 148 Å². The van der Waals surface area contributed by atoms with Gasteiger partial charge in [0, 0.05) is 38.1 Å². The molecule has 0 radical (unpaired) electrons. The van der Waals surface area contributed by atoms with Crippen molar-refractivity contribution in [3.05, 3.63) is 29.8 Å². The zero-order chi connectivity index (χ0) is 32.9. The highest BCUT2D eigenvalue weighted by Crippen LogP contribution is 2.22. The molecule has 0 bridgehead atoms. The lowest BCUT2D eigenvalue weighted by atomic mass is 9.84. The second kappa shape index (κ2) is 22.3. The molecule has 0 spiro atoms. The van der Waals surface area contributed by atoms with E-state index >= 15 is 0 Å². The zero-order valence-corrected chi connectivity index (χ0v) is 27.6. The number of hydrogen-bond donors (Lipinski definition) is 3. The fourth-order valence-electron chi connectivity index (χ4n) is 4.84. The van der Waals surface area contributed by atoms with Crippen LogP contribution in [0.5, 0.6) is 5.75 Å². The number of amides is 3. The van der Waals surface area contributed by atoms with Crippen LogP contribution in [-0.4, -0.2) is 67.6 Å². The van der Waals surface area contributed by atoms with Crippen molar-refractivity contribution in [3.8, 4) is 5.75 Å². The molecule has 44 heavy (non-hydrogen) atoms. The van der Waals surface area contributed by atoms with Gasteiger partial charge in [0.1, 0.15) is 5.75 Å². The molecular weight excluding hydrogens is 560 g/mol. The third-order valence-corrected chi connectivity index (χ3v) is 7.80. The summed E-state index contributed by atoms with van der Waals surface area (Å²) in [6.45, 7) is 7.27. The number of carbonyl (C=O) groups excluding carboxylic acids is 5. The van der Waals surface area contributed by atoms with Crippen molar-refractivity contribution in [2.75, 3.05) is 27.2 Å². The van der Waals surface area contributed by atoms with Crippen molar-refractivity contribution < 1.29 is 28.7 Å². The summed E-state index contributed by atoms with van der Waals surface area (Å²) < 4.78 is 5.45. The number of ketones is 1. The van der Waals surface area contributed by atoms with E-state index in [0.29, 0.717) is 44.4 Å². The summed E-state index contributed by atoms with van der Waals surface area (Å²) in [6.07, 6.45) is 7.54. The average molecular weight is 617 g/mol. The van der Waals surface area contributed by atoms with Crippen LogP contribution in [0, 0.1) is 11.8 Å². The van der Waals surface area contributed by atoms with Gasteiger partial charge in [-0.05, 0) is 76.4 Å². The summed E-state index contributed by atoms with van der Waals surface area (Å²) in [4.78, 5) is 64.7. The lowest BCUT2D eigenvalue weighted by Gasteiger charge is -2.25. The number of nitrogens with one attached hydrogen (secondary N) is 2. The molecule has 0 aliphatic heterocycles. The number of hydrogen-bond acceptors (Lipinski definition) is 7. The van der Waals surface area contributed by atoms with Gasteiger partial charge in [-0.25, -0.2) is 0 Å². The third kappa shape index (κ3) is 17.1. The first-order valence-electron chi connectivity index (χ1n) is 16.3. The summed E-state index contributed by atoms with van der Waals surface area (Å²) >= 11 is 0. The highest BCUT2D eigenvalue weighted by atomic mass is 16.5. The van der Waals surface area contributed by atoms with E-state index in [-0.39, 0.29) is 48.2 Å². The quantitative estimate of drug-likeness (QED) is 0.0890. The number of unbranched alkanes of at least 4 members (excludes halogenated alkanes) is 4. The normalized spacial score (nSPS) is 13.1. The fourth-order valence-corrected chi connectivity index (χ4v) is 4.84. The maximum absolute atomic E-state index is 13.7. The summed E-state index contributed by atoms with van der Waals surface area (Å²) in [5.41, 5.74) is 5.99. The van der Waals surface area contributed by atoms with Crippen LogP contribution in [0.15, 0.2) is 24.3 Å². The number of Topliss-reactive ketones (excluding diaryl/α,β-unsaturated/α-hetero) is 1. The maximum atomic E-state index is 13.7. The second-order valence-corrected chi connectivity index (χ2v) is 12.0. The summed E-state index contributed by atoms with van der Waals surface area (Å²) in [6, 6.07) is 6.20. The molecule has 0 aliphatic rings. The molecule has 10 heteroatoms. The van der Waals surface area contributed by atoms with Gasteiger partial charge < -0.3 is 26.0 Å². The summed E-state index contributed by atoms with van der Waals surface area (Å²) in [5, 5.41) is 5.89. The van der Waals surface area contributed by atoms with E-state index in [4.69, 9.17) is 10.5 Å². The Kier molecular flexibility index (Phi) is 19.6. The van der Waals surface area contributed by atoms with Crippen LogP contribution in [-0.2, 0) is 30.4 Å². The smallest absolute Gasteiger partial charge is 0.311 e. The van der Waals surface area contributed by atoms with Gasteiger partial charge in [-0.3, -0.25) is 24.0 Å². The van der Waals surface area contributed by atoms with Crippen molar-refractivity contribution in [1.82, 2.24) is 15.5 Å². The minimum absolute atomic E-state index is 0.0189. The first-order chi connectivity index (χ1) is 21.0. The maximum Gasteiger partial charge on any atom is 0.311 e. The van der Waals surface area contributed by atoms with Gasteiger partial charge in [-0.1, -0.05) is 58.6 Å². The lowest BCUT2D eigenvalue weighted by Crippen LogP contribution is -2.45. The highest BCUT2D eigenvalue weighted by Gasteiger charge is 2.30. The van der Waals surface area contributed by atoms with Crippen molar-refractivity contribution in [1.29, 1.82) is 0 Å². The van der Waals surface area contributed by atoms with Crippen LogP contribution in [0.3, 0.4) is 0 Å². The van der Waals surface area contributed by atoms with Crippen LogP contribution < -0.4 is 21.1 Å². The van der Waals surface area contributed by atoms with Crippen molar-refractivity contribution in [2.45, 2.75) is 110 Å². The molecule has 0 heterocycles. The first-order valence-corrected chi connectivity index (χ1v) is 16.3. The largest absolute Gasteiger partial charge is 0.427 e. The molecule has 1 aromatic carbocycles. The Hall–Kier alpha value is -3.27. The molecule has 0 saturated carbocycles. The Morgan fingerprint density at radius 1 is 0.886 bits per heavy atom. The Bertz CT molecular complexity index is 1030. The Morgan fingerprint density at radius 2 is 1.57 bits per heavy atom. The minimum Gasteiger partial charge on any atom is -0.427 e. The van der Waals surface area contributed by atoms with Gasteiger partial charge in [0.25, 0.3) is 0 Å². The Labute approximate surface area is 264 Å². The molecule has 1 rings (SSSR count). The van der Waals surface area contributed by atoms with E-state index in [0.717, 1.165) is 50.6 Å². The van der Waals surface area contributed by atoms with E-state index in [2.05, 4.69) is 17.6 Å². The second-order valence-electron chi connectivity index (χ2n) is 12.0. The molecular formula is C34H56N4O6. The van der Waals surface area contributed by atoms with Gasteiger partial charge in [-0.15, -0.1) is 0 Å². The van der Waals surface area contributed by atoms with Crippen molar-refractivity contribution in [2.24, 2.45) is 17.6 Å². The minimum atomic E-state index is -0.781. The molecule has 0 saturated heterocycles. The van der Waals surface area contributed by atoms with Crippen LogP contribution >= 0.6 is 0 Å². The first kappa shape index (κ1) is 38.8. The zero-order valence-electron chi connectivity index (χ0n) is 27.6. The van der Waals surface area contributed by atoms with E-state index in [1.54, 1.807) is 24.3 Å². The predicted octanol–water partition coefficient (Wildman–Crippen LogP) is 4.32. The summed E-state index contributed by atoms with van der Waals surface area (Å²) in [5.74, 6) is -1.29. The van der Waals surface area contributed by atoms with Gasteiger partial charge in [0.15, 0.2) is 5.78 Å². The number of benzene rings is 1. The van der Waals surface area contributed by atoms with Gasteiger partial charge >= 0.3 is 5.97 Å². The average Bonchev–Trinajstić information content (AvgIpc) is 2.97. The van der Waals surface area contributed by atoms with E-state index in [9.17, 15) is 24.0 Å². The number of esters is 1. The molecule has 3 atom stereocenters. The molecule has 3 amide bonds. The fraction of sp³-hybridized carbons (Fsp3) is 0.676. The Balaban J connectivity index is 2.92. The standard InChI is InChI=1S/C34H56N4O6/c1-6-8-10-15-32(41)37-29(23-26-17-19-27(20-18-26)44-33(42)16-13-22-38(4)5)30(39)24-28(25(3)7-2)34(43)36-21-12-9-11-14-31(35)40/h17-20,25,28-29H,6-16,21-24H2,1-5H3,(H2,35,40)(H,36,43)(H,37,41). The molecule has 0 aliphatic carbocycles. The van der Waals surface area contributed by atoms with Crippen molar-refractivity contribution in [3.63, 3.8) is 0 Å². The molecule has 1 aromatic rings. The molecule has 10 nitrogen and oxygen atoms in total. The van der Waals surface area contributed by atoms with Crippen LogP contribution in [0.25, 0.3) is 0 Å².